The summed E-state index contributed by atoms with van der Waals surface area (Å²) in [6.45, 7) is 5.24. The summed E-state index contributed by atoms with van der Waals surface area (Å²) >= 11 is 0. The monoisotopic (exact) mass is 196 g/mol. The molecule has 0 aromatic rings. The summed E-state index contributed by atoms with van der Waals surface area (Å²) < 4.78 is 0. The molecule has 1 atom stereocenters. The number of aliphatic carboxylic acids is 1. The number of carbonyl (C=O) groups is 1. The maximum Gasteiger partial charge on any atom is 0.327 e. The van der Waals surface area contributed by atoms with E-state index in [-0.39, 0.29) is 0 Å². The van der Waals surface area contributed by atoms with Crippen LogP contribution in [0.3, 0.4) is 0 Å². The molecule has 4 nitrogen and oxygen atoms in total. The van der Waals surface area contributed by atoms with Crippen LogP contribution in [0, 0.1) is 0 Å². The third kappa shape index (κ3) is 3.53. The summed E-state index contributed by atoms with van der Waals surface area (Å²) in [5.74, 6) is -0.913. The van der Waals surface area contributed by atoms with E-state index >= 15 is 0 Å². The Labute approximate surface area is 84.3 Å². The molecule has 0 bridgehead atoms. The molecule has 0 aliphatic heterocycles. The first-order valence-corrected chi connectivity index (χ1v) is 4.25. The fourth-order valence-corrected chi connectivity index (χ4v) is 1.05. The normalized spacial score (nSPS) is 14.7. The average molecular weight is 196 g/mol. The van der Waals surface area contributed by atoms with E-state index in [1.807, 2.05) is 0 Å². The molecule has 0 aromatic carbocycles. The first-order valence-electron chi connectivity index (χ1n) is 4.25. The highest BCUT2D eigenvalue weighted by molar-refractivity contribution is 5.79. The van der Waals surface area contributed by atoms with Crippen molar-refractivity contribution in [1.82, 2.24) is 4.90 Å². The predicted molar refractivity (Wildman–Crippen MR) is 57.6 cm³/mol. The topological polar surface area (TPSA) is 52.9 Å². The van der Waals surface area contributed by atoms with E-state index in [4.69, 9.17) is 5.11 Å². The van der Waals surface area contributed by atoms with Gasteiger partial charge in [0, 0.05) is 6.21 Å². The van der Waals surface area contributed by atoms with Gasteiger partial charge in [0.1, 0.15) is 0 Å². The molecular formula is C10H16N2O2. The van der Waals surface area contributed by atoms with E-state index in [0.717, 1.165) is 0 Å². The van der Waals surface area contributed by atoms with Crippen LogP contribution in [0.15, 0.2) is 29.4 Å². The van der Waals surface area contributed by atoms with E-state index in [0.29, 0.717) is 5.70 Å². The standard InChI is InChI=1S/C10H16N2O2/c1-5-7-11-8(6-2)9(10(13)14)12(3)4/h5-7,9H,1H2,2-4H3,(H,13,14)/b8-6-,11-7-. The summed E-state index contributed by atoms with van der Waals surface area (Å²) in [7, 11) is 3.40. The lowest BCUT2D eigenvalue weighted by atomic mass is 10.2. The van der Waals surface area contributed by atoms with Crippen LogP contribution in [0.4, 0.5) is 0 Å². The molecule has 78 valence electrons. The number of hydrogen-bond donors (Lipinski definition) is 1. The first-order chi connectivity index (χ1) is 6.54. The van der Waals surface area contributed by atoms with Gasteiger partial charge in [0.25, 0.3) is 0 Å². The zero-order chi connectivity index (χ0) is 11.1. The van der Waals surface area contributed by atoms with Crippen LogP contribution in [-0.4, -0.2) is 42.3 Å². The molecule has 0 saturated carbocycles. The largest absolute Gasteiger partial charge is 0.480 e. The highest BCUT2D eigenvalue weighted by atomic mass is 16.4. The van der Waals surface area contributed by atoms with Crippen molar-refractivity contribution in [2.75, 3.05) is 14.1 Å². The highest BCUT2D eigenvalue weighted by Gasteiger charge is 2.23. The van der Waals surface area contributed by atoms with Crippen LogP contribution in [0.5, 0.6) is 0 Å². The molecule has 14 heavy (non-hydrogen) atoms. The van der Waals surface area contributed by atoms with Crippen molar-refractivity contribution >= 4 is 12.2 Å². The van der Waals surface area contributed by atoms with Crippen molar-refractivity contribution in [3.63, 3.8) is 0 Å². The molecule has 0 aliphatic rings. The quantitative estimate of drug-likeness (QED) is 0.671. The molecule has 0 spiro atoms. The molecule has 0 rings (SSSR count). The second-order valence-electron chi connectivity index (χ2n) is 2.93. The number of carboxylic acid groups (broad SMARTS) is 1. The minimum absolute atomic E-state index is 0.502. The number of nitrogens with zero attached hydrogens (tertiary/aromatic N) is 2. The molecular weight excluding hydrogens is 180 g/mol. The maximum atomic E-state index is 10.9. The highest BCUT2D eigenvalue weighted by Crippen LogP contribution is 2.09. The van der Waals surface area contributed by atoms with Gasteiger partial charge in [-0.15, -0.1) is 0 Å². The Morgan fingerprint density at radius 2 is 2.14 bits per heavy atom. The zero-order valence-corrected chi connectivity index (χ0v) is 8.77. The molecule has 0 aromatic heterocycles. The van der Waals surface area contributed by atoms with Crippen LogP contribution >= 0.6 is 0 Å². The maximum absolute atomic E-state index is 10.9. The molecule has 0 heterocycles. The van der Waals surface area contributed by atoms with Crippen molar-refractivity contribution < 1.29 is 9.90 Å². The Morgan fingerprint density at radius 3 is 2.43 bits per heavy atom. The molecule has 1 unspecified atom stereocenters. The van der Waals surface area contributed by atoms with Crippen LogP contribution in [0.1, 0.15) is 6.92 Å². The van der Waals surface area contributed by atoms with Gasteiger partial charge in [-0.05, 0) is 21.0 Å². The second kappa shape index (κ2) is 6.10. The number of likely N-dealkylation sites (N-methyl/N-ethyl adjacent to an activating group) is 1. The number of carboxylic acids is 1. The van der Waals surface area contributed by atoms with Gasteiger partial charge in [0.05, 0.1) is 5.70 Å². The molecule has 4 heteroatoms. The lowest BCUT2D eigenvalue weighted by Gasteiger charge is -2.19. The lowest BCUT2D eigenvalue weighted by molar-refractivity contribution is -0.140. The smallest absolute Gasteiger partial charge is 0.327 e. The van der Waals surface area contributed by atoms with Gasteiger partial charge >= 0.3 is 5.97 Å². The SMILES string of the molecule is C=C/C=N\C(=C/C)C(C(=O)O)N(C)C. The first kappa shape index (κ1) is 12.6. The minimum atomic E-state index is -0.913. The van der Waals surface area contributed by atoms with Gasteiger partial charge in [-0.1, -0.05) is 18.7 Å². The van der Waals surface area contributed by atoms with Crippen LogP contribution < -0.4 is 0 Å². The molecule has 1 N–H and O–H groups in total. The summed E-state index contributed by atoms with van der Waals surface area (Å²) in [6, 6.07) is -0.712. The van der Waals surface area contributed by atoms with Gasteiger partial charge in [0.2, 0.25) is 0 Å². The fourth-order valence-electron chi connectivity index (χ4n) is 1.05. The van der Waals surface area contributed by atoms with Crippen LogP contribution in [0.25, 0.3) is 0 Å². The lowest BCUT2D eigenvalue weighted by Crippen LogP contribution is -2.36. The third-order valence-corrected chi connectivity index (χ3v) is 1.66. The van der Waals surface area contributed by atoms with E-state index in [9.17, 15) is 4.79 Å². The van der Waals surface area contributed by atoms with Gasteiger partial charge in [0.15, 0.2) is 6.04 Å². The molecule has 0 radical (unpaired) electrons. The van der Waals surface area contributed by atoms with E-state index in [2.05, 4.69) is 11.6 Å². The summed E-state index contributed by atoms with van der Waals surface area (Å²) in [5.41, 5.74) is 0.502. The molecule has 0 fully saturated rings. The van der Waals surface area contributed by atoms with Crippen molar-refractivity contribution in [2.45, 2.75) is 13.0 Å². The third-order valence-electron chi connectivity index (χ3n) is 1.66. The Kier molecular flexibility index (Phi) is 5.48. The molecule has 0 amide bonds. The van der Waals surface area contributed by atoms with E-state index in [1.165, 1.54) is 12.3 Å². The Morgan fingerprint density at radius 1 is 1.57 bits per heavy atom. The van der Waals surface area contributed by atoms with Crippen LogP contribution in [0.2, 0.25) is 0 Å². The Balaban J connectivity index is 4.87. The van der Waals surface area contributed by atoms with Crippen molar-refractivity contribution in [3.8, 4) is 0 Å². The molecule has 0 saturated heterocycles. The number of rotatable bonds is 5. The minimum Gasteiger partial charge on any atom is -0.480 e. The Bertz CT molecular complexity index is 267. The average Bonchev–Trinajstić information content (AvgIpc) is 2.10. The summed E-state index contributed by atoms with van der Waals surface area (Å²) in [4.78, 5) is 16.5. The van der Waals surface area contributed by atoms with Gasteiger partial charge < -0.3 is 5.11 Å². The fraction of sp³-hybridized carbons (Fsp3) is 0.400. The molecule has 0 aliphatic carbocycles. The summed E-state index contributed by atoms with van der Waals surface area (Å²) in [5, 5.41) is 8.96. The number of hydrogen-bond acceptors (Lipinski definition) is 3. The van der Waals surface area contributed by atoms with Gasteiger partial charge in [-0.25, -0.2) is 0 Å². The predicted octanol–water partition coefficient (Wildman–Crippen LogP) is 1.16. The number of allylic oxidation sites excluding steroid dienone is 2. The second-order valence-corrected chi connectivity index (χ2v) is 2.93. The Hall–Kier alpha value is -1.42. The zero-order valence-electron chi connectivity index (χ0n) is 8.77. The number of aliphatic imine (C=N–C) groups is 1. The van der Waals surface area contributed by atoms with E-state index < -0.39 is 12.0 Å². The van der Waals surface area contributed by atoms with Crippen molar-refractivity contribution in [3.05, 3.63) is 24.4 Å². The van der Waals surface area contributed by atoms with E-state index in [1.54, 1.807) is 32.0 Å². The van der Waals surface area contributed by atoms with Crippen LogP contribution in [-0.2, 0) is 4.79 Å². The summed E-state index contributed by atoms with van der Waals surface area (Å²) in [6.07, 6.45) is 4.67. The van der Waals surface area contributed by atoms with Crippen molar-refractivity contribution in [1.29, 1.82) is 0 Å². The van der Waals surface area contributed by atoms with Crippen molar-refractivity contribution in [2.24, 2.45) is 4.99 Å². The van der Waals surface area contributed by atoms with Gasteiger partial charge in [-0.2, -0.15) is 0 Å². The van der Waals surface area contributed by atoms with Gasteiger partial charge in [-0.3, -0.25) is 14.7 Å².